The highest BCUT2D eigenvalue weighted by Gasteiger charge is 2.34. The zero-order valence-electron chi connectivity index (χ0n) is 16.8. The van der Waals surface area contributed by atoms with Crippen LogP contribution in [0.3, 0.4) is 0 Å². The number of hydrogen-bond donors (Lipinski definition) is 3. The van der Waals surface area contributed by atoms with Gasteiger partial charge in [0.1, 0.15) is 0 Å². The normalized spacial score (nSPS) is 25.8. The number of guanidine groups is 1. The van der Waals surface area contributed by atoms with Crippen molar-refractivity contribution in [3.8, 4) is 0 Å². The third-order valence-corrected chi connectivity index (χ3v) is 5.50. The van der Waals surface area contributed by atoms with E-state index in [9.17, 15) is 9.90 Å². The number of aliphatic hydroxyl groups excluding tert-OH is 1. The number of nitrogens with zero attached hydrogens (tertiary/aromatic N) is 2. The van der Waals surface area contributed by atoms with Crippen LogP contribution >= 0.6 is 24.0 Å². The predicted molar refractivity (Wildman–Crippen MR) is 119 cm³/mol. The number of aliphatic imine (C=N–C) groups is 1. The van der Waals surface area contributed by atoms with Gasteiger partial charge < -0.3 is 25.4 Å². The van der Waals surface area contributed by atoms with Crippen molar-refractivity contribution in [1.29, 1.82) is 0 Å². The summed E-state index contributed by atoms with van der Waals surface area (Å²) < 4.78 is 5.52. The van der Waals surface area contributed by atoms with Gasteiger partial charge in [-0.15, -0.1) is 24.0 Å². The van der Waals surface area contributed by atoms with Crippen molar-refractivity contribution < 1.29 is 14.6 Å². The molecule has 0 saturated carbocycles. The SMILES string of the molecule is CCNC(=NCC1(CCO)CCOC1)NCCC(=O)N1CCCCC1C.I. The van der Waals surface area contributed by atoms with Gasteiger partial charge in [-0.1, -0.05) is 0 Å². The Labute approximate surface area is 180 Å². The molecule has 1 amide bonds. The monoisotopic (exact) mass is 496 g/mol. The molecule has 0 spiro atoms. The standard InChI is InChI=1S/C19H36N4O3.HI/c1-3-20-18(22-14-19(8-12-24)9-13-26-15-19)21-10-7-17(25)23-11-5-4-6-16(23)2;/h16,24H,3-15H2,1-2H3,(H2,20,21,22);1H. The zero-order chi connectivity index (χ0) is 18.8. The van der Waals surface area contributed by atoms with Gasteiger partial charge in [-0.2, -0.15) is 0 Å². The van der Waals surface area contributed by atoms with Crippen molar-refractivity contribution in [2.75, 3.05) is 46.0 Å². The number of aliphatic hydroxyl groups is 1. The molecular weight excluding hydrogens is 459 g/mol. The third kappa shape index (κ3) is 7.73. The number of rotatable bonds is 8. The Hall–Kier alpha value is -0.610. The summed E-state index contributed by atoms with van der Waals surface area (Å²) in [7, 11) is 0. The summed E-state index contributed by atoms with van der Waals surface area (Å²) in [5, 5.41) is 15.8. The minimum Gasteiger partial charge on any atom is -0.396 e. The van der Waals surface area contributed by atoms with Gasteiger partial charge in [0.05, 0.1) is 13.2 Å². The van der Waals surface area contributed by atoms with Crippen LogP contribution in [0.1, 0.15) is 52.4 Å². The Morgan fingerprint density at radius 2 is 2.19 bits per heavy atom. The maximum absolute atomic E-state index is 12.4. The molecule has 3 N–H and O–H groups in total. The van der Waals surface area contributed by atoms with Gasteiger partial charge in [-0.05, 0) is 46.0 Å². The minimum atomic E-state index is -0.0594. The highest BCUT2D eigenvalue weighted by atomic mass is 127. The molecule has 2 saturated heterocycles. The van der Waals surface area contributed by atoms with Crippen LogP contribution in [-0.4, -0.2) is 73.9 Å². The predicted octanol–water partition coefficient (Wildman–Crippen LogP) is 1.74. The van der Waals surface area contributed by atoms with Gasteiger partial charge in [0.2, 0.25) is 5.91 Å². The first kappa shape index (κ1) is 24.4. The molecule has 0 bridgehead atoms. The molecule has 2 aliphatic heterocycles. The molecule has 2 fully saturated rings. The molecule has 0 radical (unpaired) electrons. The van der Waals surface area contributed by atoms with Gasteiger partial charge in [-0.3, -0.25) is 9.79 Å². The van der Waals surface area contributed by atoms with Gasteiger partial charge in [0, 0.05) is 50.7 Å². The Morgan fingerprint density at radius 3 is 2.81 bits per heavy atom. The number of ether oxygens (including phenoxy) is 1. The van der Waals surface area contributed by atoms with Crippen molar-refractivity contribution in [3.05, 3.63) is 0 Å². The number of carbonyl (C=O) groups is 1. The summed E-state index contributed by atoms with van der Waals surface area (Å²) in [5.41, 5.74) is -0.0594. The van der Waals surface area contributed by atoms with E-state index in [0.717, 1.165) is 44.9 Å². The number of likely N-dealkylation sites (tertiary alicyclic amines) is 1. The zero-order valence-corrected chi connectivity index (χ0v) is 19.2. The summed E-state index contributed by atoms with van der Waals surface area (Å²) in [4.78, 5) is 19.1. The maximum atomic E-state index is 12.4. The van der Waals surface area contributed by atoms with E-state index in [1.807, 2.05) is 11.8 Å². The summed E-state index contributed by atoms with van der Waals surface area (Å²) in [6, 6.07) is 0.360. The molecule has 27 heavy (non-hydrogen) atoms. The van der Waals surface area contributed by atoms with Gasteiger partial charge in [-0.25, -0.2) is 0 Å². The van der Waals surface area contributed by atoms with E-state index in [1.54, 1.807) is 0 Å². The highest BCUT2D eigenvalue weighted by molar-refractivity contribution is 14.0. The van der Waals surface area contributed by atoms with Crippen LogP contribution in [-0.2, 0) is 9.53 Å². The average Bonchev–Trinajstić information content (AvgIpc) is 3.09. The molecule has 0 aromatic heterocycles. The lowest BCUT2D eigenvalue weighted by molar-refractivity contribution is -0.134. The number of amides is 1. The molecule has 2 unspecified atom stereocenters. The average molecular weight is 496 g/mol. The number of piperidine rings is 1. The summed E-state index contributed by atoms with van der Waals surface area (Å²) in [6.45, 7) is 8.58. The highest BCUT2D eigenvalue weighted by Crippen LogP contribution is 2.32. The van der Waals surface area contributed by atoms with E-state index < -0.39 is 0 Å². The van der Waals surface area contributed by atoms with Crippen LogP contribution in [0.4, 0.5) is 0 Å². The minimum absolute atomic E-state index is 0. The van der Waals surface area contributed by atoms with Crippen molar-refractivity contribution in [1.82, 2.24) is 15.5 Å². The molecule has 7 nitrogen and oxygen atoms in total. The van der Waals surface area contributed by atoms with Crippen molar-refractivity contribution in [2.45, 2.75) is 58.4 Å². The van der Waals surface area contributed by atoms with Crippen LogP contribution in [0.25, 0.3) is 0 Å². The largest absolute Gasteiger partial charge is 0.396 e. The molecule has 2 aliphatic rings. The van der Waals surface area contributed by atoms with E-state index in [2.05, 4.69) is 22.5 Å². The molecule has 2 atom stereocenters. The fourth-order valence-electron chi connectivity index (χ4n) is 3.78. The van der Waals surface area contributed by atoms with E-state index in [4.69, 9.17) is 4.74 Å². The Kier molecular flexibility index (Phi) is 11.6. The fourth-order valence-corrected chi connectivity index (χ4v) is 3.78. The first-order valence-electron chi connectivity index (χ1n) is 10.1. The first-order valence-corrected chi connectivity index (χ1v) is 10.1. The van der Waals surface area contributed by atoms with Crippen LogP contribution in [0.2, 0.25) is 0 Å². The van der Waals surface area contributed by atoms with Crippen LogP contribution in [0, 0.1) is 5.41 Å². The summed E-state index contributed by atoms with van der Waals surface area (Å²) in [6.07, 6.45) is 5.57. The molecule has 0 aromatic rings. The van der Waals surface area contributed by atoms with Gasteiger partial charge in [0.15, 0.2) is 5.96 Å². The third-order valence-electron chi connectivity index (χ3n) is 5.50. The van der Waals surface area contributed by atoms with Gasteiger partial charge in [0.25, 0.3) is 0 Å². The lowest BCUT2D eigenvalue weighted by Gasteiger charge is -2.33. The lowest BCUT2D eigenvalue weighted by atomic mass is 9.84. The Bertz CT molecular complexity index is 470. The van der Waals surface area contributed by atoms with E-state index in [1.165, 1.54) is 6.42 Å². The topological polar surface area (TPSA) is 86.2 Å². The molecule has 158 valence electrons. The second-order valence-corrected chi connectivity index (χ2v) is 7.58. The molecular formula is C19H37IN4O3. The second-order valence-electron chi connectivity index (χ2n) is 7.58. The quantitative estimate of drug-likeness (QED) is 0.271. The number of nitrogens with one attached hydrogen (secondary N) is 2. The molecule has 0 aromatic carbocycles. The van der Waals surface area contributed by atoms with Crippen molar-refractivity contribution in [3.63, 3.8) is 0 Å². The maximum Gasteiger partial charge on any atom is 0.224 e. The number of carbonyl (C=O) groups excluding carboxylic acids is 1. The smallest absolute Gasteiger partial charge is 0.224 e. The Morgan fingerprint density at radius 1 is 1.37 bits per heavy atom. The fraction of sp³-hybridized carbons (Fsp3) is 0.895. The van der Waals surface area contributed by atoms with Crippen molar-refractivity contribution in [2.24, 2.45) is 10.4 Å². The Balaban J connectivity index is 0.00000364. The molecule has 8 heteroatoms. The molecule has 2 heterocycles. The molecule has 2 rings (SSSR count). The van der Waals surface area contributed by atoms with Crippen LogP contribution < -0.4 is 10.6 Å². The summed E-state index contributed by atoms with van der Waals surface area (Å²) in [5.74, 6) is 0.956. The number of hydrogen-bond acceptors (Lipinski definition) is 4. The second kappa shape index (κ2) is 12.8. The van der Waals surface area contributed by atoms with Crippen LogP contribution in [0.5, 0.6) is 0 Å². The van der Waals surface area contributed by atoms with Crippen molar-refractivity contribution >= 4 is 35.8 Å². The number of halogens is 1. The van der Waals surface area contributed by atoms with Crippen LogP contribution in [0.15, 0.2) is 4.99 Å². The van der Waals surface area contributed by atoms with E-state index >= 15 is 0 Å². The summed E-state index contributed by atoms with van der Waals surface area (Å²) >= 11 is 0. The molecule has 0 aliphatic carbocycles. The lowest BCUT2D eigenvalue weighted by Crippen LogP contribution is -2.44. The first-order chi connectivity index (χ1) is 12.6. The van der Waals surface area contributed by atoms with E-state index in [0.29, 0.717) is 38.6 Å². The van der Waals surface area contributed by atoms with E-state index in [-0.39, 0.29) is 41.9 Å². The van der Waals surface area contributed by atoms with Gasteiger partial charge >= 0.3 is 0 Å².